The van der Waals surface area contributed by atoms with Crippen LogP contribution in [0.25, 0.3) is 21.3 Å². The van der Waals surface area contributed by atoms with E-state index in [9.17, 15) is 4.79 Å². The minimum atomic E-state index is -0.394. The molecule has 2 aromatic heterocycles. The molecule has 3 aromatic rings. The van der Waals surface area contributed by atoms with Gasteiger partial charge in [-0.15, -0.1) is 11.3 Å². The van der Waals surface area contributed by atoms with Gasteiger partial charge in [-0.25, -0.2) is 4.98 Å². The molecule has 130 valence electrons. The summed E-state index contributed by atoms with van der Waals surface area (Å²) in [5, 5.41) is 1.15. The first-order chi connectivity index (χ1) is 11.6. The van der Waals surface area contributed by atoms with Crippen molar-refractivity contribution >= 4 is 27.5 Å². The highest BCUT2D eigenvalue weighted by Crippen LogP contribution is 2.43. The summed E-state index contributed by atoms with van der Waals surface area (Å²) in [7, 11) is 0. The molecule has 0 saturated carbocycles. The minimum absolute atomic E-state index is 0. The van der Waals surface area contributed by atoms with E-state index >= 15 is 0 Å². The molecule has 2 heterocycles. The number of rotatable bonds is 2. The largest absolute Gasteiger partial charge is 1.00 e. The van der Waals surface area contributed by atoms with Crippen molar-refractivity contribution in [1.29, 1.82) is 0 Å². The molecule has 25 heavy (non-hydrogen) atoms. The van der Waals surface area contributed by atoms with Crippen molar-refractivity contribution in [2.24, 2.45) is 5.73 Å². The van der Waals surface area contributed by atoms with Crippen molar-refractivity contribution in [3.8, 4) is 11.1 Å². The SMILES string of the molecule is Cc1cccc(-c2c(C(N)=O)c(C)nc3sc4c(c23)CCCC4)c1.[Cl-]. The van der Waals surface area contributed by atoms with Crippen molar-refractivity contribution in [3.63, 3.8) is 0 Å². The van der Waals surface area contributed by atoms with E-state index in [1.807, 2.05) is 13.0 Å². The van der Waals surface area contributed by atoms with E-state index < -0.39 is 5.91 Å². The van der Waals surface area contributed by atoms with Gasteiger partial charge in [0.1, 0.15) is 4.83 Å². The fourth-order valence-corrected chi connectivity index (χ4v) is 5.11. The molecule has 0 spiro atoms. The number of nitrogens with zero attached hydrogens (tertiary/aromatic N) is 1. The van der Waals surface area contributed by atoms with Gasteiger partial charge in [0.25, 0.3) is 5.91 Å². The summed E-state index contributed by atoms with van der Waals surface area (Å²) >= 11 is 1.78. The zero-order chi connectivity index (χ0) is 16.8. The summed E-state index contributed by atoms with van der Waals surface area (Å²) in [5.74, 6) is -0.394. The van der Waals surface area contributed by atoms with Crippen LogP contribution in [0.2, 0.25) is 0 Å². The fraction of sp³-hybridized carbons (Fsp3) is 0.300. The summed E-state index contributed by atoms with van der Waals surface area (Å²) < 4.78 is 0. The second-order valence-corrected chi connectivity index (χ2v) is 7.66. The lowest BCUT2D eigenvalue weighted by molar-refractivity contribution is -0.0000133. The minimum Gasteiger partial charge on any atom is -1.00 e. The summed E-state index contributed by atoms with van der Waals surface area (Å²) in [4.78, 5) is 19.4. The highest BCUT2D eigenvalue weighted by molar-refractivity contribution is 7.19. The third kappa shape index (κ3) is 2.94. The van der Waals surface area contributed by atoms with Crippen LogP contribution in [-0.2, 0) is 12.8 Å². The molecule has 0 atom stereocenters. The number of carbonyl (C=O) groups excluding carboxylic acids is 1. The summed E-state index contributed by atoms with van der Waals surface area (Å²) in [6, 6.07) is 8.31. The standard InChI is InChI=1S/C20H20N2OS.ClH/c1-11-6-5-7-13(10-11)17-16(19(21)23)12(2)22-20-18(17)14-8-3-4-9-15(14)24-20;/h5-7,10H,3-4,8-9H2,1-2H3,(H2,21,23);1H/p-1. The predicted molar refractivity (Wildman–Crippen MR) is 99.7 cm³/mol. The maximum absolute atomic E-state index is 12.2. The number of fused-ring (bicyclic) bond motifs is 3. The van der Waals surface area contributed by atoms with Gasteiger partial charge >= 0.3 is 0 Å². The molecular formula is C20H20ClN2OS-. The third-order valence-electron chi connectivity index (χ3n) is 4.84. The molecule has 0 bridgehead atoms. The summed E-state index contributed by atoms with van der Waals surface area (Å²) in [5.41, 5.74) is 11.6. The molecule has 1 amide bonds. The first kappa shape index (κ1) is 17.9. The topological polar surface area (TPSA) is 56.0 Å². The van der Waals surface area contributed by atoms with Crippen molar-refractivity contribution in [1.82, 2.24) is 4.98 Å². The molecule has 0 radical (unpaired) electrons. The van der Waals surface area contributed by atoms with Gasteiger partial charge in [-0.05, 0) is 50.7 Å². The van der Waals surface area contributed by atoms with Crippen LogP contribution in [0.5, 0.6) is 0 Å². The van der Waals surface area contributed by atoms with Crippen LogP contribution in [0.3, 0.4) is 0 Å². The third-order valence-corrected chi connectivity index (χ3v) is 6.02. The van der Waals surface area contributed by atoms with Crippen LogP contribution in [0, 0.1) is 13.8 Å². The summed E-state index contributed by atoms with van der Waals surface area (Å²) in [6.45, 7) is 3.96. The van der Waals surface area contributed by atoms with E-state index in [-0.39, 0.29) is 12.4 Å². The second-order valence-electron chi connectivity index (χ2n) is 6.57. The zero-order valence-electron chi connectivity index (χ0n) is 14.4. The number of halogens is 1. The number of benzene rings is 1. The van der Waals surface area contributed by atoms with Gasteiger partial charge < -0.3 is 18.1 Å². The molecule has 4 rings (SSSR count). The van der Waals surface area contributed by atoms with Crippen LogP contribution in [0.15, 0.2) is 24.3 Å². The van der Waals surface area contributed by atoms with Gasteiger partial charge in [0.05, 0.1) is 11.3 Å². The molecule has 3 nitrogen and oxygen atoms in total. The van der Waals surface area contributed by atoms with Crippen molar-refractivity contribution in [3.05, 3.63) is 51.5 Å². The van der Waals surface area contributed by atoms with E-state index in [1.54, 1.807) is 11.3 Å². The number of hydrogen-bond donors (Lipinski definition) is 1. The van der Waals surface area contributed by atoms with Crippen molar-refractivity contribution in [2.75, 3.05) is 0 Å². The Morgan fingerprint density at radius 2 is 1.96 bits per heavy atom. The molecule has 0 aliphatic heterocycles. The first-order valence-electron chi connectivity index (χ1n) is 8.38. The second kappa shape index (κ2) is 6.77. The molecule has 0 fully saturated rings. The molecular weight excluding hydrogens is 352 g/mol. The summed E-state index contributed by atoms with van der Waals surface area (Å²) in [6.07, 6.45) is 4.62. The average molecular weight is 372 g/mol. The van der Waals surface area contributed by atoms with Gasteiger partial charge in [0.15, 0.2) is 0 Å². The molecule has 0 unspecified atom stereocenters. The number of pyridine rings is 1. The van der Waals surface area contributed by atoms with Gasteiger partial charge in [-0.2, -0.15) is 0 Å². The number of amides is 1. The first-order valence-corrected chi connectivity index (χ1v) is 9.19. The van der Waals surface area contributed by atoms with Crippen LogP contribution in [0.4, 0.5) is 0 Å². The Morgan fingerprint density at radius 3 is 2.68 bits per heavy atom. The normalized spacial score (nSPS) is 13.4. The van der Waals surface area contributed by atoms with E-state index in [4.69, 9.17) is 10.7 Å². The van der Waals surface area contributed by atoms with Crippen LogP contribution in [0.1, 0.15) is 44.9 Å². The number of thiophene rings is 1. The Morgan fingerprint density at radius 1 is 1.20 bits per heavy atom. The molecule has 5 heteroatoms. The number of aromatic nitrogens is 1. The van der Waals surface area contributed by atoms with E-state index in [2.05, 4.69) is 25.1 Å². The molecule has 1 aromatic carbocycles. The number of carbonyl (C=O) groups is 1. The van der Waals surface area contributed by atoms with Gasteiger partial charge in [0.2, 0.25) is 0 Å². The van der Waals surface area contributed by atoms with E-state index in [1.165, 1.54) is 28.8 Å². The van der Waals surface area contributed by atoms with Gasteiger partial charge in [-0.1, -0.05) is 29.8 Å². The molecule has 0 saturated heterocycles. The number of nitrogens with two attached hydrogens (primary N) is 1. The quantitative estimate of drug-likeness (QED) is 0.743. The molecule has 1 aliphatic carbocycles. The Kier molecular flexibility index (Phi) is 4.85. The Balaban J connectivity index is 0.00000182. The van der Waals surface area contributed by atoms with Crippen molar-refractivity contribution in [2.45, 2.75) is 39.5 Å². The lowest BCUT2D eigenvalue weighted by Crippen LogP contribution is -3.00. The van der Waals surface area contributed by atoms with Crippen LogP contribution >= 0.6 is 11.3 Å². The number of hydrogen-bond acceptors (Lipinski definition) is 3. The fourth-order valence-electron chi connectivity index (χ4n) is 3.79. The predicted octanol–water partition coefficient (Wildman–Crippen LogP) is 1.56. The van der Waals surface area contributed by atoms with E-state index in [0.29, 0.717) is 5.56 Å². The Bertz CT molecular complexity index is 977. The average Bonchev–Trinajstić information content (AvgIpc) is 2.91. The highest BCUT2D eigenvalue weighted by Gasteiger charge is 2.25. The van der Waals surface area contributed by atoms with Gasteiger partial charge in [0, 0.05) is 15.8 Å². The molecule has 1 aliphatic rings. The maximum Gasteiger partial charge on any atom is 0.251 e. The number of primary amides is 1. The van der Waals surface area contributed by atoms with Crippen LogP contribution in [-0.4, -0.2) is 10.9 Å². The Hall–Kier alpha value is -1.91. The van der Waals surface area contributed by atoms with E-state index in [0.717, 1.165) is 39.9 Å². The zero-order valence-corrected chi connectivity index (χ0v) is 15.9. The van der Waals surface area contributed by atoms with Gasteiger partial charge in [-0.3, -0.25) is 4.79 Å². The lowest BCUT2D eigenvalue weighted by Gasteiger charge is -2.15. The van der Waals surface area contributed by atoms with Crippen molar-refractivity contribution < 1.29 is 17.2 Å². The van der Waals surface area contributed by atoms with Crippen LogP contribution < -0.4 is 18.1 Å². The molecule has 2 N–H and O–H groups in total. The lowest BCUT2D eigenvalue weighted by atomic mass is 9.89. The highest BCUT2D eigenvalue weighted by atomic mass is 35.5. The smallest absolute Gasteiger partial charge is 0.251 e. The number of aryl methyl sites for hydroxylation is 4. The Labute approximate surface area is 157 Å². The maximum atomic E-state index is 12.2. The monoisotopic (exact) mass is 371 g/mol.